The lowest BCUT2D eigenvalue weighted by atomic mass is 9.86. The summed E-state index contributed by atoms with van der Waals surface area (Å²) in [5, 5.41) is 1.93. The summed E-state index contributed by atoms with van der Waals surface area (Å²) in [4.78, 5) is 24.3. The van der Waals surface area contributed by atoms with E-state index in [1.807, 2.05) is 17.5 Å². The fraction of sp³-hybridized carbons (Fsp3) is 0.571. The Morgan fingerprint density at radius 1 is 1.28 bits per heavy atom. The highest BCUT2D eigenvalue weighted by molar-refractivity contribution is 7.10. The van der Waals surface area contributed by atoms with Crippen LogP contribution in [0.2, 0.25) is 0 Å². The van der Waals surface area contributed by atoms with Crippen LogP contribution in [-0.4, -0.2) is 18.4 Å². The first kappa shape index (κ1) is 13.3. The lowest BCUT2D eigenvalue weighted by molar-refractivity contribution is -0.148. The van der Waals surface area contributed by atoms with E-state index in [1.54, 1.807) is 0 Å². The van der Waals surface area contributed by atoms with Gasteiger partial charge in [-0.05, 0) is 24.3 Å². The SMILES string of the molecule is O=C(Cc1cccs1)OCC(=O)C1CCCCC1. The van der Waals surface area contributed by atoms with Gasteiger partial charge in [-0.15, -0.1) is 11.3 Å². The molecule has 1 aliphatic rings. The Morgan fingerprint density at radius 3 is 2.72 bits per heavy atom. The molecule has 1 aromatic rings. The van der Waals surface area contributed by atoms with E-state index in [-0.39, 0.29) is 30.7 Å². The van der Waals surface area contributed by atoms with E-state index in [4.69, 9.17) is 4.74 Å². The van der Waals surface area contributed by atoms with Gasteiger partial charge in [0.15, 0.2) is 5.78 Å². The first-order chi connectivity index (χ1) is 8.75. The molecule has 0 amide bonds. The molecule has 2 rings (SSSR count). The van der Waals surface area contributed by atoms with Gasteiger partial charge in [0.1, 0.15) is 6.61 Å². The van der Waals surface area contributed by atoms with Gasteiger partial charge in [0.25, 0.3) is 0 Å². The van der Waals surface area contributed by atoms with Gasteiger partial charge < -0.3 is 4.74 Å². The highest BCUT2D eigenvalue weighted by Gasteiger charge is 2.22. The van der Waals surface area contributed by atoms with Crippen LogP contribution < -0.4 is 0 Å². The van der Waals surface area contributed by atoms with Crippen LogP contribution in [0.1, 0.15) is 37.0 Å². The maximum Gasteiger partial charge on any atom is 0.311 e. The molecule has 3 nitrogen and oxygen atoms in total. The third kappa shape index (κ3) is 3.95. The molecule has 0 saturated heterocycles. The minimum Gasteiger partial charge on any atom is -0.457 e. The zero-order chi connectivity index (χ0) is 12.8. The molecule has 1 aromatic heterocycles. The molecule has 0 atom stereocenters. The van der Waals surface area contributed by atoms with E-state index in [0.29, 0.717) is 0 Å². The number of carbonyl (C=O) groups excluding carboxylic acids is 2. The maximum absolute atomic E-state index is 11.8. The molecule has 0 radical (unpaired) electrons. The minimum absolute atomic E-state index is 0.0468. The summed E-state index contributed by atoms with van der Waals surface area (Å²) in [6, 6.07) is 3.80. The van der Waals surface area contributed by atoms with Gasteiger partial charge in [-0.25, -0.2) is 0 Å². The third-order valence-electron chi connectivity index (χ3n) is 3.33. The number of Topliss-reactive ketones (excluding diaryl/α,β-unsaturated/α-hetero) is 1. The van der Waals surface area contributed by atoms with Crippen molar-refractivity contribution in [3.63, 3.8) is 0 Å². The van der Waals surface area contributed by atoms with Crippen molar-refractivity contribution in [2.45, 2.75) is 38.5 Å². The molecule has 0 aliphatic heterocycles. The summed E-state index contributed by atoms with van der Waals surface area (Å²) in [6.07, 6.45) is 5.67. The number of hydrogen-bond donors (Lipinski definition) is 0. The highest BCUT2D eigenvalue weighted by Crippen LogP contribution is 2.24. The van der Waals surface area contributed by atoms with Gasteiger partial charge >= 0.3 is 5.97 Å². The van der Waals surface area contributed by atoms with Gasteiger partial charge in [-0.1, -0.05) is 25.3 Å². The number of hydrogen-bond acceptors (Lipinski definition) is 4. The molecule has 1 aliphatic carbocycles. The van der Waals surface area contributed by atoms with E-state index in [2.05, 4.69) is 0 Å². The Bertz CT molecular complexity index is 391. The smallest absolute Gasteiger partial charge is 0.311 e. The quantitative estimate of drug-likeness (QED) is 0.769. The zero-order valence-electron chi connectivity index (χ0n) is 10.4. The van der Waals surface area contributed by atoms with E-state index in [0.717, 1.165) is 30.6 Å². The summed E-state index contributed by atoms with van der Waals surface area (Å²) >= 11 is 1.53. The normalized spacial score (nSPS) is 16.4. The summed E-state index contributed by atoms with van der Waals surface area (Å²) in [5.74, 6) is -0.0934. The average Bonchev–Trinajstić information content (AvgIpc) is 2.90. The number of rotatable bonds is 5. The Hall–Kier alpha value is -1.16. The largest absolute Gasteiger partial charge is 0.457 e. The minimum atomic E-state index is -0.304. The molecular weight excluding hydrogens is 248 g/mol. The Kier molecular flexibility index (Phi) is 4.93. The molecule has 1 saturated carbocycles. The molecule has 98 valence electrons. The van der Waals surface area contributed by atoms with Crippen LogP contribution in [-0.2, 0) is 20.7 Å². The first-order valence-electron chi connectivity index (χ1n) is 6.46. The second-order valence-corrected chi connectivity index (χ2v) is 5.75. The molecule has 4 heteroatoms. The zero-order valence-corrected chi connectivity index (χ0v) is 11.2. The fourth-order valence-electron chi connectivity index (χ4n) is 2.30. The monoisotopic (exact) mass is 266 g/mol. The Labute approximate surface area is 111 Å². The van der Waals surface area contributed by atoms with Gasteiger partial charge in [-0.3, -0.25) is 9.59 Å². The number of carbonyl (C=O) groups is 2. The van der Waals surface area contributed by atoms with E-state index in [1.165, 1.54) is 17.8 Å². The third-order valence-corrected chi connectivity index (χ3v) is 4.21. The van der Waals surface area contributed by atoms with Crippen molar-refractivity contribution in [1.29, 1.82) is 0 Å². The van der Waals surface area contributed by atoms with Crippen molar-refractivity contribution in [3.8, 4) is 0 Å². The number of thiophene rings is 1. The van der Waals surface area contributed by atoms with Crippen molar-refractivity contribution >= 4 is 23.1 Å². The second-order valence-electron chi connectivity index (χ2n) is 4.72. The Morgan fingerprint density at radius 2 is 2.06 bits per heavy atom. The molecule has 0 spiro atoms. The predicted molar refractivity (Wildman–Crippen MR) is 70.6 cm³/mol. The van der Waals surface area contributed by atoms with Crippen LogP contribution in [0.25, 0.3) is 0 Å². The lowest BCUT2D eigenvalue weighted by Gasteiger charge is -2.19. The molecule has 18 heavy (non-hydrogen) atoms. The first-order valence-corrected chi connectivity index (χ1v) is 7.34. The van der Waals surface area contributed by atoms with Crippen LogP contribution in [0.3, 0.4) is 0 Å². The Balaban J connectivity index is 1.70. The van der Waals surface area contributed by atoms with Crippen molar-refractivity contribution < 1.29 is 14.3 Å². The van der Waals surface area contributed by atoms with Crippen LogP contribution in [0.15, 0.2) is 17.5 Å². The topological polar surface area (TPSA) is 43.4 Å². The van der Waals surface area contributed by atoms with E-state index in [9.17, 15) is 9.59 Å². The van der Waals surface area contributed by atoms with Crippen molar-refractivity contribution in [1.82, 2.24) is 0 Å². The van der Waals surface area contributed by atoms with E-state index < -0.39 is 0 Å². The fourth-order valence-corrected chi connectivity index (χ4v) is 2.99. The van der Waals surface area contributed by atoms with Crippen molar-refractivity contribution in [2.24, 2.45) is 5.92 Å². The summed E-state index contributed by atoms with van der Waals surface area (Å²) < 4.78 is 5.05. The predicted octanol–water partition coefficient (Wildman–Crippen LogP) is 2.98. The van der Waals surface area contributed by atoms with Gasteiger partial charge in [0, 0.05) is 10.8 Å². The van der Waals surface area contributed by atoms with Gasteiger partial charge in [-0.2, -0.15) is 0 Å². The second kappa shape index (κ2) is 6.69. The van der Waals surface area contributed by atoms with Crippen LogP contribution in [0, 0.1) is 5.92 Å². The van der Waals surface area contributed by atoms with Crippen LogP contribution in [0.4, 0.5) is 0 Å². The van der Waals surface area contributed by atoms with Crippen LogP contribution in [0.5, 0.6) is 0 Å². The standard InChI is InChI=1S/C14H18O3S/c15-13(11-5-2-1-3-6-11)10-17-14(16)9-12-7-4-8-18-12/h4,7-8,11H,1-3,5-6,9-10H2. The number of esters is 1. The lowest BCUT2D eigenvalue weighted by Crippen LogP contribution is -2.24. The van der Waals surface area contributed by atoms with Crippen molar-refractivity contribution in [2.75, 3.05) is 6.61 Å². The highest BCUT2D eigenvalue weighted by atomic mass is 32.1. The molecule has 0 aromatic carbocycles. The number of ether oxygens (including phenoxy) is 1. The maximum atomic E-state index is 11.8. The van der Waals surface area contributed by atoms with Crippen LogP contribution >= 0.6 is 11.3 Å². The van der Waals surface area contributed by atoms with Gasteiger partial charge in [0.05, 0.1) is 6.42 Å². The summed E-state index contributed by atoms with van der Waals surface area (Å²) in [5.41, 5.74) is 0. The van der Waals surface area contributed by atoms with Crippen molar-refractivity contribution in [3.05, 3.63) is 22.4 Å². The molecule has 0 bridgehead atoms. The molecular formula is C14H18O3S. The molecule has 1 heterocycles. The molecule has 0 N–H and O–H groups in total. The van der Waals surface area contributed by atoms with E-state index >= 15 is 0 Å². The summed E-state index contributed by atoms with van der Waals surface area (Å²) in [7, 11) is 0. The molecule has 1 fully saturated rings. The number of ketones is 1. The van der Waals surface area contributed by atoms with Gasteiger partial charge in [0.2, 0.25) is 0 Å². The molecule has 0 unspecified atom stereocenters. The average molecular weight is 266 g/mol. The summed E-state index contributed by atoms with van der Waals surface area (Å²) in [6.45, 7) is -0.0468.